The predicted molar refractivity (Wildman–Crippen MR) is 60.5 cm³/mol. The Hall–Kier alpha value is -0.0800. The van der Waals surface area contributed by atoms with Gasteiger partial charge in [-0.15, -0.1) is 0 Å². The van der Waals surface area contributed by atoms with E-state index < -0.39 is 0 Å². The third kappa shape index (κ3) is 3.58. The SMILES string of the molecule is CCNC(C)C(CC)CC1CCCO1. The highest BCUT2D eigenvalue weighted by Gasteiger charge is 2.22. The van der Waals surface area contributed by atoms with Crippen LogP contribution in [0.1, 0.15) is 46.5 Å². The maximum absolute atomic E-state index is 5.69. The van der Waals surface area contributed by atoms with Crippen LogP contribution in [0.3, 0.4) is 0 Å². The molecule has 0 bridgehead atoms. The van der Waals surface area contributed by atoms with Gasteiger partial charge in [0.15, 0.2) is 0 Å². The van der Waals surface area contributed by atoms with Crippen molar-refractivity contribution in [2.45, 2.75) is 58.6 Å². The molecule has 0 aromatic heterocycles. The van der Waals surface area contributed by atoms with Gasteiger partial charge in [0.2, 0.25) is 0 Å². The third-order valence-corrected chi connectivity index (χ3v) is 3.35. The summed E-state index contributed by atoms with van der Waals surface area (Å²) in [4.78, 5) is 0. The van der Waals surface area contributed by atoms with Gasteiger partial charge in [-0.3, -0.25) is 0 Å². The normalized spacial score (nSPS) is 26.4. The summed E-state index contributed by atoms with van der Waals surface area (Å²) in [6.07, 6.45) is 5.58. The zero-order valence-corrected chi connectivity index (χ0v) is 9.88. The second-order valence-corrected chi connectivity index (χ2v) is 4.39. The lowest BCUT2D eigenvalue weighted by Gasteiger charge is -2.25. The van der Waals surface area contributed by atoms with E-state index in [1.165, 1.54) is 25.7 Å². The van der Waals surface area contributed by atoms with E-state index in [9.17, 15) is 0 Å². The summed E-state index contributed by atoms with van der Waals surface area (Å²) in [5, 5.41) is 3.51. The van der Waals surface area contributed by atoms with Crippen LogP contribution in [-0.4, -0.2) is 25.3 Å². The first-order valence-corrected chi connectivity index (χ1v) is 6.12. The molecule has 0 aromatic rings. The highest BCUT2D eigenvalue weighted by atomic mass is 16.5. The average molecular weight is 199 g/mol. The predicted octanol–water partition coefficient (Wildman–Crippen LogP) is 2.58. The zero-order chi connectivity index (χ0) is 10.4. The number of hydrogen-bond acceptors (Lipinski definition) is 2. The van der Waals surface area contributed by atoms with E-state index in [2.05, 4.69) is 26.1 Å². The second kappa shape index (κ2) is 6.41. The summed E-state index contributed by atoms with van der Waals surface area (Å²) in [6.45, 7) is 8.81. The minimum atomic E-state index is 0.543. The Kier molecular flexibility index (Phi) is 5.49. The Bertz CT molecular complexity index is 143. The van der Waals surface area contributed by atoms with Gasteiger partial charge in [-0.05, 0) is 38.6 Å². The van der Waals surface area contributed by atoms with Gasteiger partial charge in [0.05, 0.1) is 6.10 Å². The van der Waals surface area contributed by atoms with E-state index in [1.807, 2.05) is 0 Å². The van der Waals surface area contributed by atoms with Crippen LogP contribution in [0.25, 0.3) is 0 Å². The lowest BCUT2D eigenvalue weighted by Crippen LogP contribution is -2.34. The maximum atomic E-state index is 5.69. The van der Waals surface area contributed by atoms with E-state index in [0.29, 0.717) is 12.1 Å². The van der Waals surface area contributed by atoms with Crippen LogP contribution in [-0.2, 0) is 4.74 Å². The van der Waals surface area contributed by atoms with Gasteiger partial charge in [-0.2, -0.15) is 0 Å². The molecule has 1 fully saturated rings. The number of hydrogen-bond donors (Lipinski definition) is 1. The minimum Gasteiger partial charge on any atom is -0.378 e. The fourth-order valence-corrected chi connectivity index (χ4v) is 2.38. The summed E-state index contributed by atoms with van der Waals surface area (Å²) in [5.41, 5.74) is 0. The van der Waals surface area contributed by atoms with Crippen LogP contribution in [0.5, 0.6) is 0 Å². The lowest BCUT2D eigenvalue weighted by atomic mass is 9.91. The van der Waals surface area contributed by atoms with E-state index in [4.69, 9.17) is 4.74 Å². The van der Waals surface area contributed by atoms with Crippen LogP contribution in [0.4, 0.5) is 0 Å². The van der Waals surface area contributed by atoms with Crippen molar-refractivity contribution in [2.75, 3.05) is 13.2 Å². The molecule has 0 amide bonds. The van der Waals surface area contributed by atoms with Crippen molar-refractivity contribution in [3.05, 3.63) is 0 Å². The second-order valence-electron chi connectivity index (χ2n) is 4.39. The van der Waals surface area contributed by atoms with Crippen molar-refractivity contribution in [1.29, 1.82) is 0 Å². The first kappa shape index (κ1) is 12.0. The molecule has 0 spiro atoms. The van der Waals surface area contributed by atoms with Crippen molar-refractivity contribution in [3.63, 3.8) is 0 Å². The van der Waals surface area contributed by atoms with Gasteiger partial charge in [-0.25, -0.2) is 0 Å². The Morgan fingerprint density at radius 3 is 2.71 bits per heavy atom. The molecule has 14 heavy (non-hydrogen) atoms. The smallest absolute Gasteiger partial charge is 0.0579 e. The molecule has 1 aliphatic rings. The summed E-state index contributed by atoms with van der Waals surface area (Å²) >= 11 is 0. The largest absolute Gasteiger partial charge is 0.378 e. The molecule has 0 aromatic carbocycles. The van der Waals surface area contributed by atoms with Gasteiger partial charge in [0.1, 0.15) is 0 Å². The molecule has 1 saturated heterocycles. The first-order valence-electron chi connectivity index (χ1n) is 6.12. The van der Waals surface area contributed by atoms with Crippen molar-refractivity contribution >= 4 is 0 Å². The van der Waals surface area contributed by atoms with Crippen molar-refractivity contribution in [3.8, 4) is 0 Å². The number of rotatable bonds is 6. The maximum Gasteiger partial charge on any atom is 0.0579 e. The molecule has 0 aliphatic carbocycles. The Morgan fingerprint density at radius 2 is 2.21 bits per heavy atom. The van der Waals surface area contributed by atoms with Crippen LogP contribution < -0.4 is 5.32 Å². The van der Waals surface area contributed by atoms with Gasteiger partial charge in [-0.1, -0.05) is 20.3 Å². The number of nitrogens with one attached hydrogen (secondary N) is 1. The van der Waals surface area contributed by atoms with E-state index >= 15 is 0 Å². The van der Waals surface area contributed by atoms with E-state index in [1.54, 1.807) is 0 Å². The molecule has 1 rings (SSSR count). The van der Waals surface area contributed by atoms with Gasteiger partial charge >= 0.3 is 0 Å². The molecule has 1 N–H and O–H groups in total. The highest BCUT2D eigenvalue weighted by Crippen LogP contribution is 2.23. The van der Waals surface area contributed by atoms with Crippen LogP contribution in [0.2, 0.25) is 0 Å². The number of ether oxygens (including phenoxy) is 1. The minimum absolute atomic E-state index is 0.543. The molecule has 2 nitrogen and oxygen atoms in total. The third-order valence-electron chi connectivity index (χ3n) is 3.35. The molecule has 1 heterocycles. The van der Waals surface area contributed by atoms with Gasteiger partial charge < -0.3 is 10.1 Å². The molecule has 1 aliphatic heterocycles. The Balaban J connectivity index is 2.29. The van der Waals surface area contributed by atoms with Crippen molar-refractivity contribution < 1.29 is 4.74 Å². The lowest BCUT2D eigenvalue weighted by molar-refractivity contribution is 0.0832. The summed E-state index contributed by atoms with van der Waals surface area (Å²) in [5.74, 6) is 0.776. The van der Waals surface area contributed by atoms with Crippen LogP contribution in [0.15, 0.2) is 0 Å². The molecule has 2 heteroatoms. The average Bonchev–Trinajstić information content (AvgIpc) is 2.66. The summed E-state index contributed by atoms with van der Waals surface area (Å²) in [7, 11) is 0. The Labute approximate surface area is 88.4 Å². The van der Waals surface area contributed by atoms with Crippen molar-refractivity contribution in [1.82, 2.24) is 5.32 Å². The van der Waals surface area contributed by atoms with E-state index in [-0.39, 0.29) is 0 Å². The van der Waals surface area contributed by atoms with Crippen molar-refractivity contribution in [2.24, 2.45) is 5.92 Å². The fraction of sp³-hybridized carbons (Fsp3) is 1.00. The standard InChI is InChI=1S/C12H25NO/c1-4-11(10(3)13-5-2)9-12-7-6-8-14-12/h10-13H,4-9H2,1-3H3. The van der Waals surface area contributed by atoms with Gasteiger partial charge in [0.25, 0.3) is 0 Å². The Morgan fingerprint density at radius 1 is 1.43 bits per heavy atom. The molecule has 3 atom stereocenters. The summed E-state index contributed by atoms with van der Waals surface area (Å²) in [6, 6.07) is 0.634. The fourth-order valence-electron chi connectivity index (χ4n) is 2.38. The van der Waals surface area contributed by atoms with Crippen LogP contribution in [0, 0.1) is 5.92 Å². The van der Waals surface area contributed by atoms with Gasteiger partial charge in [0, 0.05) is 12.6 Å². The molecular formula is C12H25NO. The molecular weight excluding hydrogens is 174 g/mol. The summed E-state index contributed by atoms with van der Waals surface area (Å²) < 4.78 is 5.69. The topological polar surface area (TPSA) is 21.3 Å². The molecule has 0 saturated carbocycles. The molecule has 84 valence electrons. The van der Waals surface area contributed by atoms with Crippen LogP contribution >= 0.6 is 0 Å². The molecule has 3 unspecified atom stereocenters. The van der Waals surface area contributed by atoms with E-state index in [0.717, 1.165) is 19.1 Å². The monoisotopic (exact) mass is 199 g/mol. The highest BCUT2D eigenvalue weighted by molar-refractivity contribution is 4.76. The molecule has 0 radical (unpaired) electrons. The quantitative estimate of drug-likeness (QED) is 0.710. The zero-order valence-electron chi connectivity index (χ0n) is 9.88. The first-order chi connectivity index (χ1) is 6.77.